The van der Waals surface area contributed by atoms with Gasteiger partial charge in [-0.1, -0.05) is 74.5 Å². The standard InChI is InChI=1S/C31H28F12N2/c1-27(2)17-19(9-7-15-44(28(32,33)34)29(35,36)37)25-23-13-5-3-11-21(23)22-12-4-6-14-24(22)26(25)20(18-27)10-8-16-45(30(38,39)40)31(41,42)43/h3-6,11-14,17-18H,7-10,15-16H2,1-2H3. The third kappa shape index (κ3) is 7.76. The van der Waals surface area contributed by atoms with E-state index in [9.17, 15) is 52.7 Å². The van der Waals surface area contributed by atoms with Gasteiger partial charge in [-0.25, -0.2) is 0 Å². The molecule has 0 N–H and O–H groups in total. The fraction of sp³-hybridized carbons (Fsp3) is 0.419. The molecule has 0 bridgehead atoms. The Morgan fingerprint density at radius 3 is 1.07 bits per heavy atom. The summed E-state index contributed by atoms with van der Waals surface area (Å²) in [5, 5.41) is 2.61. The molecular formula is C31H28F12N2. The molecule has 0 amide bonds. The maximum absolute atomic E-state index is 13.2. The maximum Gasteiger partial charge on any atom is 0.467 e. The van der Waals surface area contributed by atoms with Crippen LogP contribution >= 0.6 is 0 Å². The number of nitrogens with zero attached hydrogens (tertiary/aromatic N) is 2. The zero-order valence-corrected chi connectivity index (χ0v) is 23.9. The summed E-state index contributed by atoms with van der Waals surface area (Å²) >= 11 is 0. The van der Waals surface area contributed by atoms with Crippen LogP contribution in [-0.2, 0) is 0 Å². The zero-order valence-electron chi connectivity index (χ0n) is 23.9. The number of alkyl halides is 12. The van der Waals surface area contributed by atoms with Crippen molar-refractivity contribution >= 4 is 32.7 Å². The van der Waals surface area contributed by atoms with Gasteiger partial charge in [0.15, 0.2) is 0 Å². The molecule has 0 fully saturated rings. The van der Waals surface area contributed by atoms with Crippen molar-refractivity contribution < 1.29 is 52.7 Å². The molecule has 246 valence electrons. The van der Waals surface area contributed by atoms with Crippen molar-refractivity contribution in [2.24, 2.45) is 5.41 Å². The van der Waals surface area contributed by atoms with Gasteiger partial charge < -0.3 is 0 Å². The summed E-state index contributed by atoms with van der Waals surface area (Å²) in [5.74, 6) is 0. The Morgan fingerprint density at radius 1 is 0.489 bits per heavy atom. The number of allylic oxidation sites excluding steroid dienone is 4. The summed E-state index contributed by atoms with van der Waals surface area (Å²) in [7, 11) is 0. The van der Waals surface area contributed by atoms with E-state index >= 15 is 0 Å². The Kier molecular flexibility index (Phi) is 9.35. The highest BCUT2D eigenvalue weighted by Gasteiger charge is 2.54. The molecule has 0 spiro atoms. The van der Waals surface area contributed by atoms with Crippen LogP contribution in [-0.4, -0.2) is 48.1 Å². The predicted molar refractivity (Wildman–Crippen MR) is 147 cm³/mol. The van der Waals surface area contributed by atoms with Crippen molar-refractivity contribution in [3.8, 4) is 0 Å². The van der Waals surface area contributed by atoms with E-state index in [0.717, 1.165) is 0 Å². The first-order valence-corrected chi connectivity index (χ1v) is 13.8. The van der Waals surface area contributed by atoms with Crippen LogP contribution in [0.15, 0.2) is 60.7 Å². The number of fused-ring (bicyclic) bond motifs is 6. The second-order valence-corrected chi connectivity index (χ2v) is 11.4. The highest BCUT2D eigenvalue weighted by atomic mass is 19.4. The van der Waals surface area contributed by atoms with E-state index in [4.69, 9.17) is 0 Å². The van der Waals surface area contributed by atoms with Gasteiger partial charge in [0.2, 0.25) is 0 Å². The quantitative estimate of drug-likeness (QED) is 0.135. The minimum Gasteiger partial charge on any atom is -0.155 e. The van der Waals surface area contributed by atoms with Crippen molar-refractivity contribution in [3.05, 3.63) is 71.8 Å². The minimum atomic E-state index is -5.66. The van der Waals surface area contributed by atoms with E-state index in [2.05, 4.69) is 0 Å². The summed E-state index contributed by atoms with van der Waals surface area (Å²) in [6.07, 6.45) is -20.8. The molecule has 0 radical (unpaired) electrons. The molecule has 0 unspecified atom stereocenters. The molecule has 0 saturated carbocycles. The molecule has 14 heteroatoms. The number of halogens is 12. The SMILES string of the molecule is CC1(C)C=C(CCCN(C(F)(F)F)C(F)(F)F)c2c(c3ccccc3c3ccccc23)C(CCCN(C(F)(F)F)C(F)(F)F)=C1. The first-order chi connectivity index (χ1) is 20.6. The molecule has 0 atom stereocenters. The van der Waals surface area contributed by atoms with Gasteiger partial charge in [-0.2, -0.15) is 52.7 Å². The monoisotopic (exact) mass is 656 g/mol. The topological polar surface area (TPSA) is 6.48 Å². The molecule has 2 nitrogen and oxygen atoms in total. The fourth-order valence-electron chi connectivity index (χ4n) is 5.94. The van der Waals surface area contributed by atoms with E-state index in [-0.39, 0.29) is 12.8 Å². The third-order valence-electron chi connectivity index (χ3n) is 7.55. The first-order valence-electron chi connectivity index (χ1n) is 13.8. The van der Waals surface area contributed by atoms with Crippen molar-refractivity contribution in [1.82, 2.24) is 9.80 Å². The molecule has 0 aromatic heterocycles. The molecule has 45 heavy (non-hydrogen) atoms. The largest absolute Gasteiger partial charge is 0.467 e. The smallest absolute Gasteiger partial charge is 0.155 e. The Bertz CT molecular complexity index is 1450. The van der Waals surface area contributed by atoms with Crippen LogP contribution in [0.2, 0.25) is 0 Å². The highest BCUT2D eigenvalue weighted by molar-refractivity contribution is 6.17. The van der Waals surface area contributed by atoms with Gasteiger partial charge in [-0.05, 0) is 69.5 Å². The molecule has 4 rings (SSSR count). The molecular weight excluding hydrogens is 628 g/mol. The lowest BCUT2D eigenvalue weighted by Crippen LogP contribution is -2.48. The van der Waals surface area contributed by atoms with Gasteiger partial charge in [0.1, 0.15) is 0 Å². The Balaban J connectivity index is 1.84. The molecule has 0 aliphatic heterocycles. The van der Waals surface area contributed by atoms with Crippen LogP contribution in [0.25, 0.3) is 32.7 Å². The zero-order chi connectivity index (χ0) is 33.6. The van der Waals surface area contributed by atoms with E-state index in [0.29, 0.717) is 43.8 Å². The van der Waals surface area contributed by atoms with E-state index in [1.807, 2.05) is 0 Å². The summed E-state index contributed by atoms with van der Waals surface area (Å²) in [5.41, 5.74) is 0.845. The second-order valence-electron chi connectivity index (χ2n) is 11.4. The van der Waals surface area contributed by atoms with Crippen molar-refractivity contribution in [2.75, 3.05) is 13.1 Å². The van der Waals surface area contributed by atoms with Gasteiger partial charge in [-0.15, -0.1) is 9.80 Å². The van der Waals surface area contributed by atoms with Crippen molar-refractivity contribution in [3.63, 3.8) is 0 Å². The van der Waals surface area contributed by atoms with E-state index in [1.165, 1.54) is 0 Å². The summed E-state index contributed by atoms with van der Waals surface area (Å²) in [6.45, 7) is 0.630. The molecule has 1 aliphatic rings. The maximum atomic E-state index is 13.2. The van der Waals surface area contributed by atoms with Crippen LogP contribution in [0.5, 0.6) is 0 Å². The average molecular weight is 657 g/mol. The average Bonchev–Trinajstić information content (AvgIpc) is 2.99. The number of rotatable bonds is 8. The lowest BCUT2D eigenvalue weighted by atomic mass is 9.83. The Morgan fingerprint density at radius 2 is 0.778 bits per heavy atom. The summed E-state index contributed by atoms with van der Waals surface area (Å²) < 4.78 is 158. The Hall–Kier alpha value is -3.26. The van der Waals surface area contributed by atoms with E-state index in [1.54, 1.807) is 74.5 Å². The molecule has 0 heterocycles. The third-order valence-corrected chi connectivity index (χ3v) is 7.55. The number of hydrogen-bond donors (Lipinski definition) is 0. The van der Waals surface area contributed by atoms with Gasteiger partial charge in [-0.3, -0.25) is 0 Å². The normalized spacial score (nSPS) is 16.3. The van der Waals surface area contributed by atoms with Crippen LogP contribution < -0.4 is 0 Å². The van der Waals surface area contributed by atoms with Gasteiger partial charge in [0.05, 0.1) is 0 Å². The predicted octanol–water partition coefficient (Wildman–Crippen LogP) is 11.0. The molecule has 0 saturated heterocycles. The fourth-order valence-corrected chi connectivity index (χ4v) is 5.94. The van der Waals surface area contributed by atoms with Crippen LogP contribution in [0, 0.1) is 5.41 Å². The van der Waals surface area contributed by atoms with Gasteiger partial charge in [0.25, 0.3) is 0 Å². The van der Waals surface area contributed by atoms with Crippen molar-refractivity contribution in [1.29, 1.82) is 0 Å². The minimum absolute atomic E-state index is 0.224. The lowest BCUT2D eigenvalue weighted by molar-refractivity contribution is -0.374. The number of benzene rings is 3. The molecule has 3 aromatic carbocycles. The van der Waals surface area contributed by atoms with Gasteiger partial charge in [0, 0.05) is 18.5 Å². The Labute approximate surface area is 250 Å². The van der Waals surface area contributed by atoms with Crippen LogP contribution in [0.4, 0.5) is 52.7 Å². The van der Waals surface area contributed by atoms with E-state index < -0.39 is 66.3 Å². The first kappa shape index (κ1) is 34.6. The van der Waals surface area contributed by atoms with Gasteiger partial charge >= 0.3 is 25.2 Å². The van der Waals surface area contributed by atoms with Crippen molar-refractivity contribution in [2.45, 2.75) is 64.7 Å². The second kappa shape index (κ2) is 12.2. The van der Waals surface area contributed by atoms with Crippen LogP contribution in [0.1, 0.15) is 50.7 Å². The molecule has 1 aliphatic carbocycles. The number of hydrogen-bond acceptors (Lipinski definition) is 2. The molecule has 3 aromatic rings. The highest BCUT2D eigenvalue weighted by Crippen LogP contribution is 2.47. The summed E-state index contributed by atoms with van der Waals surface area (Å²) in [4.78, 5) is -3.00. The van der Waals surface area contributed by atoms with Crippen LogP contribution in [0.3, 0.4) is 0 Å². The summed E-state index contributed by atoms with van der Waals surface area (Å²) in [6, 6.07) is 13.9. The lowest BCUT2D eigenvalue weighted by Gasteiger charge is -2.27.